The standard InChI is InChI=1S/C9H17NO2/c1-8-9(2)12-6-4-3-5-11-7-10-8/h10H,3-7H2,1-2H3/b9-8-. The summed E-state index contributed by atoms with van der Waals surface area (Å²) in [6.45, 7) is 6.19. The molecule has 1 rings (SSSR count). The molecular weight excluding hydrogens is 154 g/mol. The van der Waals surface area contributed by atoms with Gasteiger partial charge in [0.15, 0.2) is 0 Å². The quantitative estimate of drug-likeness (QED) is 0.600. The van der Waals surface area contributed by atoms with Gasteiger partial charge < -0.3 is 14.8 Å². The van der Waals surface area contributed by atoms with Crippen molar-refractivity contribution in [3.05, 3.63) is 11.5 Å². The van der Waals surface area contributed by atoms with Gasteiger partial charge in [0, 0.05) is 12.3 Å². The van der Waals surface area contributed by atoms with Gasteiger partial charge in [0.25, 0.3) is 0 Å². The first kappa shape index (κ1) is 9.39. The number of hydrogen-bond donors (Lipinski definition) is 1. The summed E-state index contributed by atoms with van der Waals surface area (Å²) >= 11 is 0. The first-order chi connectivity index (χ1) is 5.80. The van der Waals surface area contributed by atoms with Crippen LogP contribution in [0.15, 0.2) is 11.5 Å². The molecule has 0 aromatic carbocycles. The molecule has 0 spiro atoms. The van der Waals surface area contributed by atoms with Gasteiger partial charge in [-0.3, -0.25) is 0 Å². The maximum Gasteiger partial charge on any atom is 0.116 e. The third-order valence-electron chi connectivity index (χ3n) is 1.97. The molecule has 0 bridgehead atoms. The van der Waals surface area contributed by atoms with Gasteiger partial charge in [-0.2, -0.15) is 0 Å². The van der Waals surface area contributed by atoms with Crippen LogP contribution in [-0.2, 0) is 9.47 Å². The van der Waals surface area contributed by atoms with Crippen molar-refractivity contribution >= 4 is 0 Å². The van der Waals surface area contributed by atoms with E-state index in [0.29, 0.717) is 6.73 Å². The largest absolute Gasteiger partial charge is 0.496 e. The Morgan fingerprint density at radius 3 is 2.75 bits per heavy atom. The zero-order valence-corrected chi connectivity index (χ0v) is 7.85. The van der Waals surface area contributed by atoms with Crippen molar-refractivity contribution in [2.75, 3.05) is 19.9 Å². The molecule has 3 heteroatoms. The minimum Gasteiger partial charge on any atom is -0.496 e. The molecular formula is C9H17NO2. The number of nitrogens with one attached hydrogen (secondary N) is 1. The summed E-state index contributed by atoms with van der Waals surface area (Å²) in [6.07, 6.45) is 2.15. The van der Waals surface area contributed by atoms with E-state index in [0.717, 1.165) is 37.5 Å². The Balaban J connectivity index is 2.43. The highest BCUT2D eigenvalue weighted by molar-refractivity contribution is 5.00. The van der Waals surface area contributed by atoms with E-state index in [1.54, 1.807) is 0 Å². The predicted octanol–water partition coefficient (Wildman–Crippen LogP) is 1.61. The van der Waals surface area contributed by atoms with Gasteiger partial charge >= 0.3 is 0 Å². The van der Waals surface area contributed by atoms with Crippen LogP contribution in [0.5, 0.6) is 0 Å². The Labute approximate surface area is 73.7 Å². The topological polar surface area (TPSA) is 30.5 Å². The zero-order chi connectivity index (χ0) is 8.81. The molecule has 1 aliphatic rings. The van der Waals surface area contributed by atoms with E-state index in [9.17, 15) is 0 Å². The van der Waals surface area contributed by atoms with Gasteiger partial charge in [0.2, 0.25) is 0 Å². The van der Waals surface area contributed by atoms with Crippen molar-refractivity contribution in [1.82, 2.24) is 5.32 Å². The molecule has 0 aromatic rings. The van der Waals surface area contributed by atoms with E-state index in [1.807, 2.05) is 13.8 Å². The molecule has 0 saturated carbocycles. The first-order valence-corrected chi connectivity index (χ1v) is 4.42. The van der Waals surface area contributed by atoms with Crippen molar-refractivity contribution in [1.29, 1.82) is 0 Å². The SMILES string of the molecule is C/C1=C(\C)OCCCCOCN1. The smallest absolute Gasteiger partial charge is 0.116 e. The molecule has 0 amide bonds. The highest BCUT2D eigenvalue weighted by Gasteiger charge is 2.00. The molecule has 0 aromatic heterocycles. The van der Waals surface area contributed by atoms with Crippen LogP contribution in [0.1, 0.15) is 26.7 Å². The summed E-state index contributed by atoms with van der Waals surface area (Å²) in [4.78, 5) is 0. The molecule has 0 atom stereocenters. The number of allylic oxidation sites excluding steroid dienone is 2. The van der Waals surface area contributed by atoms with Crippen molar-refractivity contribution < 1.29 is 9.47 Å². The molecule has 0 unspecified atom stereocenters. The van der Waals surface area contributed by atoms with Crippen LogP contribution in [0.25, 0.3) is 0 Å². The Morgan fingerprint density at radius 1 is 1.17 bits per heavy atom. The first-order valence-electron chi connectivity index (χ1n) is 4.42. The van der Waals surface area contributed by atoms with E-state index < -0.39 is 0 Å². The fourth-order valence-corrected chi connectivity index (χ4v) is 0.996. The van der Waals surface area contributed by atoms with Crippen LogP contribution in [-0.4, -0.2) is 19.9 Å². The zero-order valence-electron chi connectivity index (χ0n) is 7.85. The highest BCUT2D eigenvalue weighted by atomic mass is 16.5. The van der Waals surface area contributed by atoms with Crippen LogP contribution in [0.2, 0.25) is 0 Å². The molecule has 0 aliphatic carbocycles. The second-order valence-corrected chi connectivity index (χ2v) is 2.97. The van der Waals surface area contributed by atoms with Crippen molar-refractivity contribution in [2.24, 2.45) is 0 Å². The van der Waals surface area contributed by atoms with Crippen molar-refractivity contribution in [2.45, 2.75) is 26.7 Å². The minimum atomic E-state index is 0.590. The number of ether oxygens (including phenoxy) is 2. The summed E-state index contributed by atoms with van der Waals surface area (Å²) in [5.74, 6) is 0.973. The summed E-state index contributed by atoms with van der Waals surface area (Å²) in [5.41, 5.74) is 1.07. The monoisotopic (exact) mass is 171 g/mol. The number of hydrogen-bond acceptors (Lipinski definition) is 3. The van der Waals surface area contributed by atoms with Crippen LogP contribution in [0, 0.1) is 0 Å². The van der Waals surface area contributed by atoms with Crippen LogP contribution in [0.3, 0.4) is 0 Å². The van der Waals surface area contributed by atoms with Crippen LogP contribution >= 0.6 is 0 Å². The number of rotatable bonds is 0. The normalized spacial score (nSPS) is 27.2. The molecule has 12 heavy (non-hydrogen) atoms. The van der Waals surface area contributed by atoms with E-state index >= 15 is 0 Å². The second-order valence-electron chi connectivity index (χ2n) is 2.97. The molecule has 0 fully saturated rings. The summed E-state index contributed by atoms with van der Waals surface area (Å²) in [7, 11) is 0. The lowest BCUT2D eigenvalue weighted by molar-refractivity contribution is 0.102. The van der Waals surface area contributed by atoms with E-state index in [-0.39, 0.29) is 0 Å². The molecule has 1 aliphatic heterocycles. The summed E-state index contributed by atoms with van der Waals surface area (Å²) in [6, 6.07) is 0. The van der Waals surface area contributed by atoms with E-state index in [4.69, 9.17) is 9.47 Å². The minimum absolute atomic E-state index is 0.590. The molecule has 3 nitrogen and oxygen atoms in total. The van der Waals surface area contributed by atoms with Crippen molar-refractivity contribution in [3.8, 4) is 0 Å². The predicted molar refractivity (Wildman–Crippen MR) is 47.5 cm³/mol. The average molecular weight is 171 g/mol. The third-order valence-corrected chi connectivity index (χ3v) is 1.97. The Morgan fingerprint density at radius 2 is 1.92 bits per heavy atom. The Kier molecular flexibility index (Phi) is 3.94. The average Bonchev–Trinajstić information content (AvgIpc) is 2.08. The third kappa shape index (κ3) is 3.13. The van der Waals surface area contributed by atoms with Crippen molar-refractivity contribution in [3.63, 3.8) is 0 Å². The van der Waals surface area contributed by atoms with Crippen LogP contribution in [0.4, 0.5) is 0 Å². The molecule has 0 radical (unpaired) electrons. The fourth-order valence-electron chi connectivity index (χ4n) is 0.996. The lowest BCUT2D eigenvalue weighted by Crippen LogP contribution is -2.19. The highest BCUT2D eigenvalue weighted by Crippen LogP contribution is 2.05. The fraction of sp³-hybridized carbons (Fsp3) is 0.778. The lowest BCUT2D eigenvalue weighted by Gasteiger charge is -2.14. The Hall–Kier alpha value is -0.700. The molecule has 1 heterocycles. The van der Waals surface area contributed by atoms with E-state index in [2.05, 4.69) is 5.32 Å². The summed E-state index contributed by atoms with van der Waals surface area (Å²) in [5, 5.41) is 3.13. The van der Waals surface area contributed by atoms with Gasteiger partial charge in [0.05, 0.1) is 6.61 Å². The maximum absolute atomic E-state index is 5.49. The van der Waals surface area contributed by atoms with Gasteiger partial charge in [-0.1, -0.05) is 0 Å². The van der Waals surface area contributed by atoms with Gasteiger partial charge in [0.1, 0.15) is 12.5 Å². The van der Waals surface area contributed by atoms with Gasteiger partial charge in [-0.15, -0.1) is 0 Å². The molecule has 70 valence electrons. The van der Waals surface area contributed by atoms with Gasteiger partial charge in [-0.05, 0) is 26.7 Å². The van der Waals surface area contributed by atoms with Gasteiger partial charge in [-0.25, -0.2) is 0 Å². The maximum atomic E-state index is 5.49. The molecule has 1 N–H and O–H groups in total. The molecule has 0 saturated heterocycles. The van der Waals surface area contributed by atoms with E-state index in [1.165, 1.54) is 0 Å². The Bertz CT molecular complexity index is 148. The summed E-state index contributed by atoms with van der Waals surface area (Å²) < 4.78 is 10.8. The lowest BCUT2D eigenvalue weighted by atomic mass is 10.3. The second kappa shape index (κ2) is 5.04. The van der Waals surface area contributed by atoms with Crippen LogP contribution < -0.4 is 5.32 Å².